The van der Waals surface area contributed by atoms with E-state index in [0.717, 1.165) is 0 Å². The predicted molar refractivity (Wildman–Crippen MR) is 85.2 cm³/mol. The lowest BCUT2D eigenvalue weighted by Gasteiger charge is -2.08. The molecule has 4 N–H and O–H groups in total. The zero-order chi connectivity index (χ0) is 16.1. The van der Waals surface area contributed by atoms with Crippen molar-refractivity contribution in [3.63, 3.8) is 0 Å². The Morgan fingerprint density at radius 2 is 1.95 bits per heavy atom. The van der Waals surface area contributed by atoms with Gasteiger partial charge in [-0.3, -0.25) is 4.79 Å². The maximum atomic E-state index is 12.0. The number of hydrogen-bond acceptors (Lipinski definition) is 5. The average molecular weight is 299 g/mol. The minimum absolute atomic E-state index is 0.0514. The minimum atomic E-state index is -0.417. The Kier molecular flexibility index (Phi) is 4.63. The van der Waals surface area contributed by atoms with Gasteiger partial charge in [0, 0.05) is 11.3 Å². The van der Waals surface area contributed by atoms with Gasteiger partial charge in [0.05, 0.1) is 18.4 Å². The van der Waals surface area contributed by atoms with Crippen LogP contribution in [0.4, 0.5) is 5.69 Å². The van der Waals surface area contributed by atoms with E-state index in [0.29, 0.717) is 28.3 Å². The molecule has 114 valence electrons. The number of rotatable bonds is 4. The summed E-state index contributed by atoms with van der Waals surface area (Å²) in [5, 5.41) is 13.9. The molecule has 0 unspecified atom stereocenters. The Balaban J connectivity index is 2.20. The molecule has 6 nitrogen and oxygen atoms in total. The molecule has 0 spiro atoms. The van der Waals surface area contributed by atoms with Crippen LogP contribution in [0.15, 0.2) is 47.6 Å². The van der Waals surface area contributed by atoms with Gasteiger partial charge in [0.2, 0.25) is 0 Å². The van der Waals surface area contributed by atoms with Crippen LogP contribution in [-0.2, 0) is 0 Å². The molecular weight excluding hydrogens is 282 g/mol. The van der Waals surface area contributed by atoms with E-state index >= 15 is 0 Å². The third-order valence-electron chi connectivity index (χ3n) is 3.12. The van der Waals surface area contributed by atoms with Gasteiger partial charge in [-0.25, -0.2) is 5.43 Å². The van der Waals surface area contributed by atoms with Crippen molar-refractivity contribution in [2.45, 2.75) is 6.92 Å². The number of aromatic hydroxyl groups is 1. The smallest absolute Gasteiger partial charge is 0.273 e. The summed E-state index contributed by atoms with van der Waals surface area (Å²) in [7, 11) is 1.53. The summed E-state index contributed by atoms with van der Waals surface area (Å²) >= 11 is 0. The first-order chi connectivity index (χ1) is 10.5. The van der Waals surface area contributed by atoms with E-state index in [1.165, 1.54) is 13.2 Å². The number of carbonyl (C=O) groups excluding carboxylic acids is 1. The Morgan fingerprint density at radius 1 is 1.23 bits per heavy atom. The second-order valence-electron chi connectivity index (χ2n) is 4.61. The van der Waals surface area contributed by atoms with Gasteiger partial charge in [-0.2, -0.15) is 5.10 Å². The molecule has 6 heteroatoms. The normalized spacial score (nSPS) is 11.1. The molecule has 0 aliphatic rings. The van der Waals surface area contributed by atoms with Gasteiger partial charge >= 0.3 is 0 Å². The Morgan fingerprint density at radius 3 is 2.64 bits per heavy atom. The summed E-state index contributed by atoms with van der Waals surface area (Å²) in [4.78, 5) is 12.0. The van der Waals surface area contributed by atoms with Gasteiger partial charge in [-0.15, -0.1) is 0 Å². The summed E-state index contributed by atoms with van der Waals surface area (Å²) in [6.45, 7) is 1.67. The van der Waals surface area contributed by atoms with E-state index in [-0.39, 0.29) is 5.75 Å². The van der Waals surface area contributed by atoms with Gasteiger partial charge in [0.1, 0.15) is 11.5 Å². The molecule has 0 aliphatic carbocycles. The number of hydrogen-bond donors (Lipinski definition) is 3. The number of hydrazone groups is 1. The molecule has 0 aromatic heterocycles. The van der Waals surface area contributed by atoms with Crippen molar-refractivity contribution >= 4 is 17.3 Å². The highest BCUT2D eigenvalue weighted by atomic mass is 16.5. The van der Waals surface area contributed by atoms with Crippen LogP contribution in [0.25, 0.3) is 0 Å². The molecule has 0 heterocycles. The lowest BCUT2D eigenvalue weighted by atomic mass is 10.1. The Labute approximate surface area is 128 Å². The number of phenolic OH excluding ortho intramolecular Hbond substituents is 1. The zero-order valence-corrected chi connectivity index (χ0v) is 12.3. The number of nitrogens with one attached hydrogen (secondary N) is 1. The SMILES string of the molecule is COc1ccc(O)c(/C(C)=N/NC(=O)c2ccccc2N)c1. The number of nitrogen functional groups attached to an aromatic ring is 1. The third kappa shape index (κ3) is 3.35. The summed E-state index contributed by atoms with van der Waals surface area (Å²) in [6, 6.07) is 11.5. The summed E-state index contributed by atoms with van der Waals surface area (Å²) in [5.74, 6) is 0.219. The summed E-state index contributed by atoms with van der Waals surface area (Å²) in [5.41, 5.74) is 9.79. The van der Waals surface area contributed by atoms with Crippen molar-refractivity contribution in [1.82, 2.24) is 5.43 Å². The van der Waals surface area contributed by atoms with Crippen molar-refractivity contribution in [1.29, 1.82) is 0 Å². The van der Waals surface area contributed by atoms with Crippen LogP contribution in [-0.4, -0.2) is 23.8 Å². The van der Waals surface area contributed by atoms with E-state index in [9.17, 15) is 9.90 Å². The molecule has 2 aromatic carbocycles. The van der Waals surface area contributed by atoms with Crippen molar-refractivity contribution in [2.24, 2.45) is 5.10 Å². The molecule has 0 bridgehead atoms. The standard InChI is InChI=1S/C16H17N3O3/c1-10(13-9-11(22-2)7-8-15(13)20)18-19-16(21)12-5-3-4-6-14(12)17/h3-9,20H,17H2,1-2H3,(H,19,21)/b18-10+. The van der Waals surface area contributed by atoms with Gasteiger partial charge < -0.3 is 15.6 Å². The lowest BCUT2D eigenvalue weighted by molar-refractivity contribution is 0.0955. The van der Waals surface area contributed by atoms with E-state index in [1.54, 1.807) is 43.3 Å². The van der Waals surface area contributed by atoms with E-state index in [2.05, 4.69) is 10.5 Å². The molecule has 0 saturated carbocycles. The number of carbonyl (C=O) groups is 1. The quantitative estimate of drug-likeness (QED) is 0.458. The molecule has 22 heavy (non-hydrogen) atoms. The summed E-state index contributed by atoms with van der Waals surface area (Å²) in [6.07, 6.45) is 0. The number of para-hydroxylation sites is 1. The van der Waals surface area contributed by atoms with E-state index < -0.39 is 5.91 Å². The number of benzene rings is 2. The van der Waals surface area contributed by atoms with Crippen LogP contribution in [0.2, 0.25) is 0 Å². The van der Waals surface area contributed by atoms with Gasteiger partial charge in [0.15, 0.2) is 0 Å². The molecule has 2 rings (SSSR count). The second kappa shape index (κ2) is 6.62. The molecule has 0 atom stereocenters. The highest BCUT2D eigenvalue weighted by Gasteiger charge is 2.10. The molecule has 1 amide bonds. The van der Waals surface area contributed by atoms with Gasteiger partial charge in [-0.1, -0.05) is 12.1 Å². The molecule has 2 aromatic rings. The fraction of sp³-hybridized carbons (Fsp3) is 0.125. The summed E-state index contributed by atoms with van der Waals surface area (Å²) < 4.78 is 5.10. The molecule has 0 radical (unpaired) electrons. The highest BCUT2D eigenvalue weighted by molar-refractivity contribution is 6.03. The van der Waals surface area contributed by atoms with Crippen LogP contribution >= 0.6 is 0 Å². The van der Waals surface area contributed by atoms with Crippen molar-refractivity contribution in [2.75, 3.05) is 12.8 Å². The van der Waals surface area contributed by atoms with Crippen molar-refractivity contribution in [3.8, 4) is 11.5 Å². The molecule has 0 fully saturated rings. The molecule has 0 aliphatic heterocycles. The first-order valence-corrected chi connectivity index (χ1v) is 6.59. The predicted octanol–water partition coefficient (Wildman–Crippen LogP) is 2.14. The first kappa shape index (κ1) is 15.4. The van der Waals surface area contributed by atoms with Gasteiger partial charge in [0.25, 0.3) is 5.91 Å². The number of anilines is 1. The minimum Gasteiger partial charge on any atom is -0.507 e. The number of nitrogens with zero attached hydrogens (tertiary/aromatic N) is 1. The highest BCUT2D eigenvalue weighted by Crippen LogP contribution is 2.23. The monoisotopic (exact) mass is 299 g/mol. The largest absolute Gasteiger partial charge is 0.507 e. The fourth-order valence-corrected chi connectivity index (χ4v) is 1.89. The van der Waals surface area contributed by atoms with Crippen LogP contribution in [0.1, 0.15) is 22.8 Å². The second-order valence-corrected chi connectivity index (χ2v) is 4.61. The van der Waals surface area contributed by atoms with Crippen LogP contribution in [0.3, 0.4) is 0 Å². The number of phenols is 1. The maximum absolute atomic E-state index is 12.0. The number of amides is 1. The zero-order valence-electron chi connectivity index (χ0n) is 12.3. The Bertz CT molecular complexity index is 726. The molecule has 0 saturated heterocycles. The lowest BCUT2D eigenvalue weighted by Crippen LogP contribution is -2.20. The Hall–Kier alpha value is -3.02. The topological polar surface area (TPSA) is 96.9 Å². The first-order valence-electron chi connectivity index (χ1n) is 6.59. The number of methoxy groups -OCH3 is 1. The van der Waals surface area contributed by atoms with Crippen LogP contribution in [0, 0.1) is 0 Å². The van der Waals surface area contributed by atoms with Crippen molar-refractivity contribution < 1.29 is 14.6 Å². The average Bonchev–Trinajstić information content (AvgIpc) is 2.53. The van der Waals surface area contributed by atoms with Gasteiger partial charge in [-0.05, 0) is 37.3 Å². The molecular formula is C16H17N3O3. The third-order valence-corrected chi connectivity index (χ3v) is 3.12. The van der Waals surface area contributed by atoms with E-state index in [1.807, 2.05) is 0 Å². The fourth-order valence-electron chi connectivity index (χ4n) is 1.89. The van der Waals surface area contributed by atoms with Crippen molar-refractivity contribution in [3.05, 3.63) is 53.6 Å². The van der Waals surface area contributed by atoms with Crippen LogP contribution < -0.4 is 15.9 Å². The number of ether oxygens (including phenoxy) is 1. The number of nitrogens with two attached hydrogens (primary N) is 1. The van der Waals surface area contributed by atoms with E-state index in [4.69, 9.17) is 10.5 Å². The van der Waals surface area contributed by atoms with Crippen LogP contribution in [0.5, 0.6) is 11.5 Å². The maximum Gasteiger partial charge on any atom is 0.273 e.